The summed E-state index contributed by atoms with van der Waals surface area (Å²) in [6.07, 6.45) is 0. The SMILES string of the molecule is CC(C)NCc1nc(COc2cc(Cl)c(Br)cc2Cl)cs1. The van der Waals surface area contributed by atoms with Gasteiger partial charge in [0.25, 0.3) is 0 Å². The lowest BCUT2D eigenvalue weighted by Gasteiger charge is -2.08. The van der Waals surface area contributed by atoms with Crippen molar-refractivity contribution in [2.75, 3.05) is 0 Å². The van der Waals surface area contributed by atoms with Gasteiger partial charge in [-0.2, -0.15) is 0 Å². The van der Waals surface area contributed by atoms with Crippen LogP contribution in [0.4, 0.5) is 0 Å². The van der Waals surface area contributed by atoms with Gasteiger partial charge in [0.05, 0.1) is 15.7 Å². The van der Waals surface area contributed by atoms with Gasteiger partial charge in [0.1, 0.15) is 17.4 Å². The van der Waals surface area contributed by atoms with Crippen molar-refractivity contribution in [1.82, 2.24) is 10.3 Å². The zero-order chi connectivity index (χ0) is 15.4. The smallest absolute Gasteiger partial charge is 0.140 e. The Labute approximate surface area is 146 Å². The maximum Gasteiger partial charge on any atom is 0.140 e. The highest BCUT2D eigenvalue weighted by Gasteiger charge is 2.09. The van der Waals surface area contributed by atoms with Crippen molar-refractivity contribution in [3.05, 3.63) is 42.7 Å². The topological polar surface area (TPSA) is 34.2 Å². The van der Waals surface area contributed by atoms with E-state index in [0.29, 0.717) is 28.4 Å². The number of rotatable bonds is 6. The van der Waals surface area contributed by atoms with E-state index in [4.69, 9.17) is 27.9 Å². The van der Waals surface area contributed by atoms with Gasteiger partial charge in [0, 0.05) is 28.5 Å². The fourth-order valence-electron chi connectivity index (χ4n) is 1.55. The first-order valence-electron chi connectivity index (χ1n) is 6.39. The second-order valence-corrected chi connectivity index (χ2v) is 7.36. The van der Waals surface area contributed by atoms with Crippen LogP contribution in [-0.2, 0) is 13.2 Å². The standard InChI is InChI=1S/C14H15BrCl2N2OS/c1-8(2)18-5-14-19-9(7-21-14)6-20-13-4-11(16)10(15)3-12(13)17/h3-4,7-8,18H,5-6H2,1-2H3. The normalized spacial score (nSPS) is 11.1. The van der Waals surface area contributed by atoms with Crippen LogP contribution in [0.25, 0.3) is 0 Å². The molecule has 1 N–H and O–H groups in total. The molecule has 1 aromatic heterocycles. The summed E-state index contributed by atoms with van der Waals surface area (Å²) in [4.78, 5) is 4.51. The Bertz CT molecular complexity index is 619. The second kappa shape index (κ2) is 7.79. The highest BCUT2D eigenvalue weighted by atomic mass is 79.9. The number of nitrogens with one attached hydrogen (secondary N) is 1. The third-order valence-corrected chi connectivity index (χ3v) is 5.00. The lowest BCUT2D eigenvalue weighted by molar-refractivity contribution is 0.302. The van der Waals surface area contributed by atoms with E-state index in [2.05, 4.69) is 40.1 Å². The van der Waals surface area contributed by atoms with Crippen molar-refractivity contribution < 1.29 is 4.74 Å². The first-order valence-corrected chi connectivity index (χ1v) is 8.82. The van der Waals surface area contributed by atoms with Crippen LogP contribution in [0.1, 0.15) is 24.5 Å². The lowest BCUT2D eigenvalue weighted by Crippen LogP contribution is -2.21. The predicted molar refractivity (Wildman–Crippen MR) is 92.6 cm³/mol. The number of halogens is 3. The van der Waals surface area contributed by atoms with E-state index in [9.17, 15) is 0 Å². The maximum atomic E-state index is 6.12. The quantitative estimate of drug-likeness (QED) is 0.658. The van der Waals surface area contributed by atoms with Gasteiger partial charge in [0.2, 0.25) is 0 Å². The minimum absolute atomic E-state index is 0.371. The lowest BCUT2D eigenvalue weighted by atomic mass is 10.3. The number of aromatic nitrogens is 1. The van der Waals surface area contributed by atoms with Crippen molar-refractivity contribution in [3.8, 4) is 5.75 Å². The Morgan fingerprint density at radius 1 is 1.33 bits per heavy atom. The summed E-state index contributed by atoms with van der Waals surface area (Å²) in [5, 5.41) is 7.45. The summed E-state index contributed by atoms with van der Waals surface area (Å²) in [6, 6.07) is 3.86. The monoisotopic (exact) mass is 408 g/mol. The van der Waals surface area contributed by atoms with Crippen LogP contribution in [0.15, 0.2) is 22.0 Å². The van der Waals surface area contributed by atoms with E-state index in [0.717, 1.165) is 21.7 Å². The first kappa shape index (κ1) is 17.0. The summed E-state index contributed by atoms with van der Waals surface area (Å²) < 4.78 is 6.43. The molecule has 21 heavy (non-hydrogen) atoms. The molecule has 0 bridgehead atoms. The van der Waals surface area contributed by atoms with E-state index in [1.165, 1.54) is 0 Å². The Morgan fingerprint density at radius 3 is 2.81 bits per heavy atom. The molecule has 7 heteroatoms. The Morgan fingerprint density at radius 2 is 2.10 bits per heavy atom. The van der Waals surface area contributed by atoms with Gasteiger partial charge in [-0.1, -0.05) is 37.0 Å². The van der Waals surface area contributed by atoms with Crippen LogP contribution >= 0.6 is 50.5 Å². The maximum absolute atomic E-state index is 6.12. The van der Waals surface area contributed by atoms with E-state index in [1.807, 2.05) is 5.38 Å². The van der Waals surface area contributed by atoms with Gasteiger partial charge >= 0.3 is 0 Å². The van der Waals surface area contributed by atoms with E-state index in [1.54, 1.807) is 23.5 Å². The van der Waals surface area contributed by atoms with Crippen LogP contribution in [-0.4, -0.2) is 11.0 Å². The van der Waals surface area contributed by atoms with Crippen LogP contribution in [0.3, 0.4) is 0 Å². The number of nitrogens with zero attached hydrogens (tertiary/aromatic N) is 1. The Balaban J connectivity index is 1.96. The molecular formula is C14H15BrCl2N2OS. The van der Waals surface area contributed by atoms with E-state index < -0.39 is 0 Å². The molecule has 0 aliphatic carbocycles. The molecule has 0 aliphatic rings. The number of thiazole rings is 1. The van der Waals surface area contributed by atoms with Crippen molar-refractivity contribution in [2.24, 2.45) is 0 Å². The molecule has 0 saturated heterocycles. The summed E-state index contributed by atoms with van der Waals surface area (Å²) in [5.74, 6) is 0.555. The molecule has 114 valence electrons. The van der Waals surface area contributed by atoms with Gasteiger partial charge in [-0.15, -0.1) is 11.3 Å². The minimum atomic E-state index is 0.371. The molecule has 1 aromatic carbocycles. The zero-order valence-electron chi connectivity index (χ0n) is 11.6. The highest BCUT2D eigenvalue weighted by Crippen LogP contribution is 2.34. The zero-order valence-corrected chi connectivity index (χ0v) is 15.5. The first-order chi connectivity index (χ1) is 9.95. The van der Waals surface area contributed by atoms with Crippen LogP contribution in [0.2, 0.25) is 10.0 Å². The van der Waals surface area contributed by atoms with Crippen molar-refractivity contribution >= 4 is 50.5 Å². The van der Waals surface area contributed by atoms with Gasteiger partial charge in [-0.3, -0.25) is 0 Å². The average molecular weight is 410 g/mol. The molecule has 0 spiro atoms. The van der Waals surface area contributed by atoms with Crippen molar-refractivity contribution in [2.45, 2.75) is 33.0 Å². The van der Waals surface area contributed by atoms with Crippen LogP contribution in [0, 0.1) is 0 Å². The molecule has 2 aromatic rings. The molecule has 0 amide bonds. The summed E-state index contributed by atoms with van der Waals surface area (Å²) in [7, 11) is 0. The fraction of sp³-hybridized carbons (Fsp3) is 0.357. The summed E-state index contributed by atoms with van der Waals surface area (Å²) >= 11 is 17.1. The Kier molecular flexibility index (Phi) is 6.32. The van der Waals surface area contributed by atoms with Crippen LogP contribution < -0.4 is 10.1 Å². The summed E-state index contributed by atoms with van der Waals surface area (Å²) in [5.41, 5.74) is 0.885. The predicted octanol–water partition coefficient (Wildman–Crippen LogP) is 5.29. The van der Waals surface area contributed by atoms with Gasteiger partial charge in [0.15, 0.2) is 0 Å². The Hall–Kier alpha value is -0.330. The molecule has 0 fully saturated rings. The molecule has 0 radical (unpaired) electrons. The molecule has 1 heterocycles. The molecule has 0 aliphatic heterocycles. The second-order valence-electron chi connectivity index (χ2n) is 4.75. The van der Waals surface area contributed by atoms with E-state index in [-0.39, 0.29) is 0 Å². The van der Waals surface area contributed by atoms with Gasteiger partial charge in [-0.05, 0) is 22.0 Å². The highest BCUT2D eigenvalue weighted by molar-refractivity contribution is 9.10. The number of ether oxygens (including phenoxy) is 1. The molecule has 0 saturated carbocycles. The molecule has 0 atom stereocenters. The molecule has 3 nitrogen and oxygen atoms in total. The van der Waals surface area contributed by atoms with Gasteiger partial charge in [-0.25, -0.2) is 4.98 Å². The average Bonchev–Trinajstić information content (AvgIpc) is 2.87. The molecular weight excluding hydrogens is 395 g/mol. The van der Waals surface area contributed by atoms with Gasteiger partial charge < -0.3 is 10.1 Å². The largest absolute Gasteiger partial charge is 0.486 e. The third kappa shape index (κ3) is 5.11. The summed E-state index contributed by atoms with van der Waals surface area (Å²) in [6.45, 7) is 5.36. The molecule has 0 unspecified atom stereocenters. The minimum Gasteiger partial charge on any atom is -0.486 e. The third-order valence-electron chi connectivity index (χ3n) is 2.61. The van der Waals surface area contributed by atoms with Crippen molar-refractivity contribution in [1.29, 1.82) is 0 Å². The number of benzene rings is 1. The fourth-order valence-corrected chi connectivity index (χ4v) is 3.13. The van der Waals surface area contributed by atoms with Crippen LogP contribution in [0.5, 0.6) is 5.75 Å². The van der Waals surface area contributed by atoms with Crippen molar-refractivity contribution in [3.63, 3.8) is 0 Å². The number of hydrogen-bond donors (Lipinski definition) is 1. The number of hydrogen-bond acceptors (Lipinski definition) is 4. The molecule has 2 rings (SSSR count). The van der Waals surface area contributed by atoms with E-state index >= 15 is 0 Å².